The third-order valence-electron chi connectivity index (χ3n) is 3.93. The van der Waals surface area contributed by atoms with E-state index in [0.29, 0.717) is 28.4 Å². The number of methoxy groups -OCH3 is 2. The van der Waals surface area contributed by atoms with Gasteiger partial charge >= 0.3 is 0 Å². The number of aromatic nitrogens is 2. The van der Waals surface area contributed by atoms with E-state index in [9.17, 15) is 5.26 Å². The summed E-state index contributed by atoms with van der Waals surface area (Å²) < 4.78 is 11.6. The summed E-state index contributed by atoms with van der Waals surface area (Å²) in [6.07, 6.45) is 0. The van der Waals surface area contributed by atoms with E-state index in [1.165, 1.54) is 0 Å². The van der Waals surface area contributed by atoms with Crippen LogP contribution in [0.25, 0.3) is 22.3 Å². The van der Waals surface area contributed by atoms with E-state index in [4.69, 9.17) is 9.47 Å². The van der Waals surface area contributed by atoms with Crippen molar-refractivity contribution in [2.75, 3.05) is 14.2 Å². The van der Waals surface area contributed by atoms with E-state index >= 15 is 0 Å². The molecule has 0 radical (unpaired) electrons. The summed E-state index contributed by atoms with van der Waals surface area (Å²) in [5, 5.41) is 10.6. The first-order valence-electron chi connectivity index (χ1n) is 7.32. The molecule has 2 heterocycles. The molecule has 0 amide bonds. The number of benzene rings is 1. The molecule has 5 nitrogen and oxygen atoms in total. The average molecular weight is 386 g/mol. The fourth-order valence-electron chi connectivity index (χ4n) is 2.93. The lowest BCUT2D eigenvalue weighted by atomic mass is 10.0. The number of rotatable bonds is 3. The molecule has 1 aromatic carbocycles. The van der Waals surface area contributed by atoms with Crippen LogP contribution in [0.3, 0.4) is 0 Å². The maximum absolute atomic E-state index is 9.74. The van der Waals surface area contributed by atoms with Gasteiger partial charge in [0.15, 0.2) is 0 Å². The van der Waals surface area contributed by atoms with Crippen molar-refractivity contribution in [1.82, 2.24) is 9.97 Å². The van der Waals surface area contributed by atoms with Crippen molar-refractivity contribution in [3.8, 4) is 28.8 Å². The number of hydrogen-bond acceptors (Lipinski definition) is 4. The van der Waals surface area contributed by atoms with Crippen molar-refractivity contribution in [3.63, 3.8) is 0 Å². The van der Waals surface area contributed by atoms with Crippen LogP contribution in [-0.2, 0) is 0 Å². The Balaban J connectivity index is 2.39. The van der Waals surface area contributed by atoms with Crippen molar-refractivity contribution in [2.24, 2.45) is 0 Å². The molecule has 0 fully saturated rings. The van der Waals surface area contributed by atoms with Crippen LogP contribution >= 0.6 is 15.9 Å². The fourth-order valence-corrected chi connectivity index (χ4v) is 3.55. The van der Waals surface area contributed by atoms with Crippen molar-refractivity contribution in [2.45, 2.75) is 13.8 Å². The number of aryl methyl sites for hydroxylation is 2. The van der Waals surface area contributed by atoms with Crippen LogP contribution in [0.4, 0.5) is 0 Å². The Bertz CT molecular complexity index is 986. The van der Waals surface area contributed by atoms with Gasteiger partial charge < -0.3 is 14.5 Å². The van der Waals surface area contributed by atoms with Crippen molar-refractivity contribution in [1.29, 1.82) is 5.26 Å². The zero-order valence-corrected chi connectivity index (χ0v) is 15.4. The number of halogens is 1. The van der Waals surface area contributed by atoms with E-state index in [2.05, 4.69) is 32.0 Å². The molecule has 0 aliphatic heterocycles. The van der Waals surface area contributed by atoms with E-state index in [0.717, 1.165) is 26.7 Å². The fraction of sp³-hybridized carbons (Fsp3) is 0.222. The number of nitrogens with zero attached hydrogens (tertiary/aromatic N) is 2. The molecule has 2 aromatic heterocycles. The third-order valence-corrected chi connectivity index (χ3v) is 4.56. The minimum absolute atomic E-state index is 0.555. The number of nitriles is 1. The summed E-state index contributed by atoms with van der Waals surface area (Å²) in [6, 6.07) is 7.91. The molecule has 0 unspecified atom stereocenters. The summed E-state index contributed by atoms with van der Waals surface area (Å²) in [7, 11) is 3.19. The normalized spacial score (nSPS) is 10.7. The number of nitrogens with one attached hydrogen (secondary N) is 1. The first-order chi connectivity index (χ1) is 11.5. The highest BCUT2D eigenvalue weighted by molar-refractivity contribution is 9.10. The van der Waals surface area contributed by atoms with E-state index in [-0.39, 0.29) is 0 Å². The second-order valence-corrected chi connectivity index (χ2v) is 6.33. The Hall–Kier alpha value is -2.52. The zero-order valence-electron chi connectivity index (χ0n) is 13.8. The summed E-state index contributed by atoms with van der Waals surface area (Å²) in [5.41, 5.74) is 4.62. The van der Waals surface area contributed by atoms with Gasteiger partial charge in [-0.15, -0.1) is 0 Å². The minimum Gasteiger partial charge on any atom is -0.497 e. The molecule has 24 heavy (non-hydrogen) atoms. The van der Waals surface area contributed by atoms with Crippen LogP contribution in [0.2, 0.25) is 0 Å². The predicted octanol–water partition coefficient (Wildman–Crippen LogP) is 4.50. The van der Waals surface area contributed by atoms with Gasteiger partial charge in [0, 0.05) is 21.6 Å². The molecule has 0 aliphatic rings. The molecule has 0 spiro atoms. The Morgan fingerprint density at radius 1 is 1.17 bits per heavy atom. The van der Waals surface area contributed by atoms with Crippen LogP contribution < -0.4 is 9.47 Å². The molecular formula is C18H16BrN3O2. The highest BCUT2D eigenvalue weighted by Gasteiger charge is 2.22. The average Bonchev–Trinajstić information content (AvgIpc) is 2.91. The highest BCUT2D eigenvalue weighted by Crippen LogP contribution is 2.42. The van der Waals surface area contributed by atoms with E-state index in [1.54, 1.807) is 20.3 Å². The summed E-state index contributed by atoms with van der Waals surface area (Å²) in [5.74, 6) is 1.28. The molecule has 0 atom stereocenters. The molecule has 0 bridgehead atoms. The number of fused-ring (bicyclic) bond motifs is 1. The first-order valence-corrected chi connectivity index (χ1v) is 8.11. The van der Waals surface area contributed by atoms with Crippen LogP contribution in [0.5, 0.6) is 11.5 Å². The number of pyridine rings is 1. The summed E-state index contributed by atoms with van der Waals surface area (Å²) in [4.78, 5) is 7.80. The lowest BCUT2D eigenvalue weighted by Crippen LogP contribution is -1.93. The second-order valence-electron chi connectivity index (χ2n) is 5.48. The van der Waals surface area contributed by atoms with Gasteiger partial charge in [0.1, 0.15) is 23.2 Å². The van der Waals surface area contributed by atoms with Crippen LogP contribution in [0.1, 0.15) is 16.8 Å². The predicted molar refractivity (Wildman–Crippen MR) is 96.5 cm³/mol. The van der Waals surface area contributed by atoms with Gasteiger partial charge in [-0.1, -0.05) is 0 Å². The van der Waals surface area contributed by atoms with Crippen molar-refractivity contribution < 1.29 is 9.47 Å². The van der Waals surface area contributed by atoms with Gasteiger partial charge in [-0.25, -0.2) is 4.98 Å². The van der Waals surface area contributed by atoms with E-state index in [1.807, 2.05) is 26.0 Å². The molecule has 0 saturated carbocycles. The molecular weight excluding hydrogens is 370 g/mol. The first kappa shape index (κ1) is 16.3. The monoisotopic (exact) mass is 385 g/mol. The van der Waals surface area contributed by atoms with Crippen molar-refractivity contribution in [3.05, 3.63) is 39.5 Å². The largest absolute Gasteiger partial charge is 0.497 e. The van der Waals surface area contributed by atoms with Gasteiger partial charge in [-0.2, -0.15) is 5.26 Å². The Kier molecular flexibility index (Phi) is 4.20. The van der Waals surface area contributed by atoms with Crippen LogP contribution in [-0.4, -0.2) is 24.2 Å². The number of H-pyrrole nitrogens is 1. The molecule has 0 aliphatic carbocycles. The maximum Gasteiger partial charge on any atom is 0.139 e. The smallest absolute Gasteiger partial charge is 0.139 e. The van der Waals surface area contributed by atoms with Crippen LogP contribution in [0.15, 0.2) is 22.7 Å². The topological polar surface area (TPSA) is 70.9 Å². The van der Waals surface area contributed by atoms with Gasteiger partial charge in [-0.05, 0) is 47.5 Å². The lowest BCUT2D eigenvalue weighted by molar-refractivity contribution is 0.395. The van der Waals surface area contributed by atoms with E-state index < -0.39 is 0 Å². The molecule has 3 rings (SSSR count). The molecule has 3 aromatic rings. The quantitative estimate of drug-likeness (QED) is 0.720. The lowest BCUT2D eigenvalue weighted by Gasteiger charge is -2.12. The third kappa shape index (κ3) is 2.51. The number of aromatic amines is 1. The Labute approximate surface area is 148 Å². The van der Waals surface area contributed by atoms with Gasteiger partial charge in [0.25, 0.3) is 0 Å². The maximum atomic E-state index is 9.74. The van der Waals surface area contributed by atoms with Gasteiger partial charge in [0.2, 0.25) is 0 Å². The standard InChI is InChI=1S/C18H16BrN3O2/c1-9-5-10(2)21-18-15(9)12(8-20)17(22-18)16-13(19)6-11(23-3)7-14(16)24-4/h5-7H,1-4H3,(H,21,22). The molecule has 0 saturated heterocycles. The number of hydrogen-bond donors (Lipinski definition) is 1. The molecule has 1 N–H and O–H groups in total. The molecule has 6 heteroatoms. The summed E-state index contributed by atoms with van der Waals surface area (Å²) in [6.45, 7) is 3.92. The van der Waals surface area contributed by atoms with Crippen LogP contribution in [0, 0.1) is 25.2 Å². The number of ether oxygens (including phenoxy) is 2. The van der Waals surface area contributed by atoms with Gasteiger partial charge in [0.05, 0.1) is 31.0 Å². The highest BCUT2D eigenvalue weighted by atomic mass is 79.9. The minimum atomic E-state index is 0.555. The van der Waals surface area contributed by atoms with Gasteiger partial charge in [-0.3, -0.25) is 0 Å². The SMILES string of the molecule is COc1cc(Br)c(-c2[nH]c3nc(C)cc(C)c3c2C#N)c(OC)c1. The zero-order chi connectivity index (χ0) is 17.4. The Morgan fingerprint density at radius 2 is 1.92 bits per heavy atom. The Morgan fingerprint density at radius 3 is 2.54 bits per heavy atom. The second kappa shape index (κ2) is 6.17. The van der Waals surface area contributed by atoms with Crippen molar-refractivity contribution >= 4 is 27.0 Å². The summed E-state index contributed by atoms with van der Waals surface area (Å²) >= 11 is 3.56. The molecule has 122 valence electrons.